The van der Waals surface area contributed by atoms with Crippen molar-refractivity contribution in [3.05, 3.63) is 29.8 Å². The van der Waals surface area contributed by atoms with E-state index in [0.717, 1.165) is 40.3 Å². The number of rotatable bonds is 6. The van der Waals surface area contributed by atoms with Crippen LogP contribution in [0.15, 0.2) is 24.3 Å². The molecule has 0 aromatic heterocycles. The number of imide groups is 2. The monoisotopic (exact) mass is 414 g/mol. The molecule has 8 heteroatoms. The number of hydrogen-bond acceptors (Lipinski definition) is 5. The SMILES string of the molecule is C[C@H]1CCCC[C@@H]1N1C(=O)C(=O)N(CC(=O)N(C)Cc2ccc(N(C)C)cc2)C1=O. The molecular weight excluding hydrogens is 384 g/mol. The number of benzene rings is 1. The molecule has 0 spiro atoms. The maximum Gasteiger partial charge on any atom is 0.334 e. The highest BCUT2D eigenvalue weighted by atomic mass is 16.2. The van der Waals surface area contributed by atoms with Crippen LogP contribution in [0.2, 0.25) is 0 Å². The molecule has 0 N–H and O–H groups in total. The highest BCUT2D eigenvalue weighted by molar-refractivity contribution is 6.45. The second-order valence-corrected chi connectivity index (χ2v) is 8.49. The normalized spacial score (nSPS) is 21.9. The number of carbonyl (C=O) groups is 4. The van der Waals surface area contributed by atoms with E-state index in [4.69, 9.17) is 0 Å². The van der Waals surface area contributed by atoms with Crippen molar-refractivity contribution in [2.75, 3.05) is 32.6 Å². The van der Waals surface area contributed by atoms with Crippen LogP contribution in [-0.4, -0.2) is 72.2 Å². The lowest BCUT2D eigenvalue weighted by Crippen LogP contribution is -2.47. The summed E-state index contributed by atoms with van der Waals surface area (Å²) in [6.45, 7) is 1.92. The van der Waals surface area contributed by atoms with Gasteiger partial charge < -0.3 is 9.80 Å². The largest absolute Gasteiger partial charge is 0.378 e. The summed E-state index contributed by atoms with van der Waals surface area (Å²) in [6.07, 6.45) is 3.61. The van der Waals surface area contributed by atoms with E-state index in [1.165, 1.54) is 4.90 Å². The minimum absolute atomic E-state index is 0.155. The van der Waals surface area contributed by atoms with Gasteiger partial charge in [-0.15, -0.1) is 0 Å². The minimum Gasteiger partial charge on any atom is -0.378 e. The fourth-order valence-corrected chi connectivity index (χ4v) is 4.15. The molecule has 0 bridgehead atoms. The number of hydrogen-bond donors (Lipinski definition) is 0. The van der Waals surface area contributed by atoms with Crippen LogP contribution < -0.4 is 4.90 Å². The third kappa shape index (κ3) is 4.32. The van der Waals surface area contributed by atoms with Gasteiger partial charge >= 0.3 is 17.8 Å². The van der Waals surface area contributed by atoms with Crippen molar-refractivity contribution in [2.24, 2.45) is 5.92 Å². The zero-order valence-corrected chi connectivity index (χ0v) is 18.1. The predicted molar refractivity (Wildman–Crippen MR) is 113 cm³/mol. The first-order chi connectivity index (χ1) is 14.2. The van der Waals surface area contributed by atoms with Crippen molar-refractivity contribution in [1.29, 1.82) is 0 Å². The van der Waals surface area contributed by atoms with Gasteiger partial charge in [0.2, 0.25) is 5.91 Å². The molecule has 30 heavy (non-hydrogen) atoms. The van der Waals surface area contributed by atoms with Gasteiger partial charge in [-0.3, -0.25) is 19.3 Å². The number of nitrogens with zero attached hydrogens (tertiary/aromatic N) is 4. The summed E-state index contributed by atoms with van der Waals surface area (Å²) >= 11 is 0. The summed E-state index contributed by atoms with van der Waals surface area (Å²) in [4.78, 5) is 55.7. The zero-order valence-electron chi connectivity index (χ0n) is 18.1. The minimum atomic E-state index is -0.908. The maximum absolute atomic E-state index is 12.8. The molecule has 1 aromatic carbocycles. The Balaban J connectivity index is 1.64. The van der Waals surface area contributed by atoms with Gasteiger partial charge in [-0.25, -0.2) is 9.69 Å². The summed E-state index contributed by atoms with van der Waals surface area (Å²) in [6, 6.07) is 6.85. The summed E-state index contributed by atoms with van der Waals surface area (Å²) in [5.74, 6) is -1.95. The molecule has 0 radical (unpaired) electrons. The van der Waals surface area contributed by atoms with Gasteiger partial charge in [0.15, 0.2) is 0 Å². The second kappa shape index (κ2) is 8.85. The molecule has 3 rings (SSSR count). The molecule has 1 saturated carbocycles. The smallest absolute Gasteiger partial charge is 0.334 e. The first-order valence-electron chi connectivity index (χ1n) is 10.4. The predicted octanol–water partition coefficient (Wildman–Crippen LogP) is 2.08. The van der Waals surface area contributed by atoms with E-state index in [0.29, 0.717) is 13.0 Å². The van der Waals surface area contributed by atoms with Crippen LogP contribution in [0.25, 0.3) is 0 Å². The quantitative estimate of drug-likeness (QED) is 0.526. The van der Waals surface area contributed by atoms with E-state index in [9.17, 15) is 19.2 Å². The standard InChI is InChI=1S/C22H30N4O4/c1-15-7-5-6-8-18(15)26-21(29)20(28)25(22(26)30)14-19(27)24(4)13-16-9-11-17(12-10-16)23(2)3/h9-12,15,18H,5-8,13-14H2,1-4H3/t15-,18-/m0/s1. The van der Waals surface area contributed by atoms with Crippen molar-refractivity contribution in [3.8, 4) is 0 Å². The van der Waals surface area contributed by atoms with Crippen molar-refractivity contribution in [2.45, 2.75) is 45.2 Å². The first-order valence-corrected chi connectivity index (χ1v) is 10.4. The Hall–Kier alpha value is -2.90. The fraction of sp³-hybridized carbons (Fsp3) is 0.545. The van der Waals surface area contributed by atoms with Crippen LogP contribution in [0.1, 0.15) is 38.2 Å². The Morgan fingerprint density at radius 2 is 1.63 bits per heavy atom. The summed E-state index contributed by atoms with van der Waals surface area (Å²) in [5.41, 5.74) is 1.99. The molecule has 1 heterocycles. The molecule has 2 fully saturated rings. The molecule has 2 atom stereocenters. The van der Waals surface area contributed by atoms with Gasteiger partial charge in [-0.1, -0.05) is 31.9 Å². The van der Waals surface area contributed by atoms with E-state index in [2.05, 4.69) is 0 Å². The first kappa shape index (κ1) is 21.8. The fourth-order valence-electron chi connectivity index (χ4n) is 4.15. The third-order valence-corrected chi connectivity index (χ3v) is 6.07. The van der Waals surface area contributed by atoms with E-state index in [1.54, 1.807) is 7.05 Å². The molecule has 162 valence electrons. The van der Waals surface area contributed by atoms with Crippen LogP contribution in [0, 0.1) is 5.92 Å². The number of amides is 5. The maximum atomic E-state index is 12.8. The Labute approximate surface area is 177 Å². The Bertz CT molecular complexity index is 836. The van der Waals surface area contributed by atoms with Crippen LogP contribution in [0.5, 0.6) is 0 Å². The van der Waals surface area contributed by atoms with Crippen LogP contribution in [0.4, 0.5) is 10.5 Å². The van der Waals surface area contributed by atoms with Gasteiger partial charge in [-0.2, -0.15) is 0 Å². The van der Waals surface area contributed by atoms with Crippen LogP contribution in [0.3, 0.4) is 0 Å². The van der Waals surface area contributed by atoms with Gasteiger partial charge in [0.05, 0.1) is 0 Å². The second-order valence-electron chi connectivity index (χ2n) is 8.49. The van der Waals surface area contributed by atoms with E-state index >= 15 is 0 Å². The molecule has 5 amide bonds. The lowest BCUT2D eigenvalue weighted by molar-refractivity contribution is -0.145. The molecule has 1 aromatic rings. The van der Waals surface area contributed by atoms with Gasteiger partial charge in [0.1, 0.15) is 6.54 Å². The van der Waals surface area contributed by atoms with Gasteiger partial charge in [0, 0.05) is 39.4 Å². The molecular formula is C22H30N4O4. The Kier molecular flexibility index (Phi) is 6.43. The van der Waals surface area contributed by atoms with Crippen molar-refractivity contribution in [1.82, 2.24) is 14.7 Å². The number of carbonyl (C=O) groups excluding carboxylic acids is 4. The number of likely N-dealkylation sites (N-methyl/N-ethyl adjacent to an activating group) is 1. The lowest BCUT2D eigenvalue weighted by atomic mass is 9.85. The molecule has 0 unspecified atom stereocenters. The Morgan fingerprint density at radius 1 is 1.00 bits per heavy atom. The van der Waals surface area contributed by atoms with Crippen molar-refractivity contribution >= 4 is 29.4 Å². The summed E-state index contributed by atoms with van der Waals surface area (Å²) in [5, 5.41) is 0. The van der Waals surface area contributed by atoms with Crippen molar-refractivity contribution in [3.63, 3.8) is 0 Å². The highest BCUT2D eigenvalue weighted by Crippen LogP contribution is 2.31. The van der Waals surface area contributed by atoms with E-state index in [-0.39, 0.29) is 17.9 Å². The van der Waals surface area contributed by atoms with Gasteiger partial charge in [-0.05, 0) is 36.5 Å². The molecule has 1 aliphatic heterocycles. The van der Waals surface area contributed by atoms with Crippen molar-refractivity contribution < 1.29 is 19.2 Å². The average molecular weight is 415 g/mol. The summed E-state index contributed by atoms with van der Waals surface area (Å²) in [7, 11) is 5.52. The molecule has 8 nitrogen and oxygen atoms in total. The topological polar surface area (TPSA) is 81.2 Å². The summed E-state index contributed by atoms with van der Waals surface area (Å²) < 4.78 is 0. The molecule has 1 aliphatic carbocycles. The average Bonchev–Trinajstić information content (AvgIpc) is 2.92. The lowest BCUT2D eigenvalue weighted by Gasteiger charge is -2.34. The van der Waals surface area contributed by atoms with Crippen LogP contribution in [-0.2, 0) is 20.9 Å². The number of anilines is 1. The Morgan fingerprint density at radius 3 is 2.23 bits per heavy atom. The highest BCUT2D eigenvalue weighted by Gasteiger charge is 2.49. The van der Waals surface area contributed by atoms with E-state index < -0.39 is 24.4 Å². The van der Waals surface area contributed by atoms with Gasteiger partial charge in [0.25, 0.3) is 0 Å². The third-order valence-electron chi connectivity index (χ3n) is 6.07. The van der Waals surface area contributed by atoms with E-state index in [1.807, 2.05) is 50.2 Å². The van der Waals surface area contributed by atoms with Crippen LogP contribution >= 0.6 is 0 Å². The molecule has 2 aliphatic rings. The molecule has 1 saturated heterocycles. The zero-order chi connectivity index (χ0) is 22.0. The number of urea groups is 1.